The van der Waals surface area contributed by atoms with Gasteiger partial charge in [-0.2, -0.15) is 0 Å². The Morgan fingerprint density at radius 1 is 1.14 bits per heavy atom. The van der Waals surface area contributed by atoms with Gasteiger partial charge in [0.25, 0.3) is 0 Å². The average molecular weight is 524 g/mol. The molecule has 3 N–H and O–H groups in total. The van der Waals surface area contributed by atoms with Gasteiger partial charge in [0.1, 0.15) is 6.54 Å². The van der Waals surface area contributed by atoms with Crippen LogP contribution in [0.4, 0.5) is 0 Å². The number of halogens is 1. The molecule has 0 aromatic carbocycles. The molecule has 1 amide bonds. The van der Waals surface area contributed by atoms with Gasteiger partial charge in [-0.25, -0.2) is 4.99 Å². The molecule has 0 aromatic heterocycles. The molecular formula is C21H42IN5O2. The second-order valence-corrected chi connectivity index (χ2v) is 8.41. The molecule has 1 aliphatic heterocycles. The third-order valence-corrected chi connectivity index (χ3v) is 5.51. The van der Waals surface area contributed by atoms with Gasteiger partial charge >= 0.3 is 0 Å². The van der Waals surface area contributed by atoms with Gasteiger partial charge in [-0.1, -0.05) is 33.1 Å². The topological polar surface area (TPSA) is 78.0 Å². The lowest BCUT2D eigenvalue weighted by molar-refractivity contribution is -0.120. The summed E-state index contributed by atoms with van der Waals surface area (Å²) in [6, 6.07) is 0.785. The lowest BCUT2D eigenvalue weighted by atomic mass is 9.95. The summed E-state index contributed by atoms with van der Waals surface area (Å²) < 4.78 is 5.50. The molecule has 2 aliphatic rings. The molecule has 8 heteroatoms. The summed E-state index contributed by atoms with van der Waals surface area (Å²) in [7, 11) is 0. The minimum absolute atomic E-state index is 0. The second-order valence-electron chi connectivity index (χ2n) is 8.41. The zero-order chi connectivity index (χ0) is 20.2. The quantitative estimate of drug-likeness (QED) is 0.246. The average Bonchev–Trinajstić information content (AvgIpc) is 2.70. The molecule has 1 atom stereocenters. The predicted octanol–water partition coefficient (Wildman–Crippen LogP) is 2.36. The standard InChI is InChI=1S/C21H41N5O2.HI/c1-4-22-21(24-16-20(27)25-18-8-6-5-7-9-18)23-15-19(14-17(2)3)26-10-12-28-13-11-26;/h17-19H,4-16H2,1-3H3,(H,25,27)(H2,22,23,24);1H. The van der Waals surface area contributed by atoms with Gasteiger partial charge in [0.15, 0.2) is 5.96 Å². The van der Waals surface area contributed by atoms with E-state index in [0.29, 0.717) is 18.0 Å². The fourth-order valence-electron chi connectivity index (χ4n) is 4.08. The zero-order valence-corrected chi connectivity index (χ0v) is 20.9. The summed E-state index contributed by atoms with van der Waals surface area (Å²) in [6.07, 6.45) is 7.07. The maximum atomic E-state index is 12.3. The van der Waals surface area contributed by atoms with Crippen molar-refractivity contribution in [2.45, 2.75) is 71.4 Å². The highest BCUT2D eigenvalue weighted by Gasteiger charge is 2.22. The van der Waals surface area contributed by atoms with Crippen LogP contribution in [-0.4, -0.2) is 74.8 Å². The number of ether oxygens (including phenoxy) is 1. The third kappa shape index (κ3) is 10.8. The fourth-order valence-corrected chi connectivity index (χ4v) is 4.08. The molecule has 1 heterocycles. The molecule has 0 aromatic rings. The Bertz CT molecular complexity index is 478. The number of rotatable bonds is 9. The van der Waals surface area contributed by atoms with Gasteiger partial charge in [-0.3, -0.25) is 9.69 Å². The van der Waals surface area contributed by atoms with E-state index in [4.69, 9.17) is 4.74 Å². The molecule has 7 nitrogen and oxygen atoms in total. The van der Waals surface area contributed by atoms with Crippen LogP contribution in [0.3, 0.4) is 0 Å². The van der Waals surface area contributed by atoms with Crippen molar-refractivity contribution in [3.63, 3.8) is 0 Å². The first-order valence-electron chi connectivity index (χ1n) is 11.2. The monoisotopic (exact) mass is 523 g/mol. The van der Waals surface area contributed by atoms with Crippen LogP contribution in [0.15, 0.2) is 4.99 Å². The van der Waals surface area contributed by atoms with Crippen LogP contribution in [0.25, 0.3) is 0 Å². The lowest BCUT2D eigenvalue weighted by Gasteiger charge is -2.35. The Morgan fingerprint density at radius 2 is 1.83 bits per heavy atom. The number of carbonyl (C=O) groups is 1. The van der Waals surface area contributed by atoms with Crippen molar-refractivity contribution < 1.29 is 9.53 Å². The maximum absolute atomic E-state index is 12.3. The molecular weight excluding hydrogens is 481 g/mol. The number of morpholine rings is 1. The van der Waals surface area contributed by atoms with Crippen molar-refractivity contribution >= 4 is 35.8 Å². The van der Waals surface area contributed by atoms with E-state index in [2.05, 4.69) is 39.7 Å². The van der Waals surface area contributed by atoms with Crippen molar-refractivity contribution in [2.24, 2.45) is 10.9 Å². The highest BCUT2D eigenvalue weighted by molar-refractivity contribution is 14.0. The molecule has 2 rings (SSSR count). The van der Waals surface area contributed by atoms with Gasteiger partial charge in [-0.05, 0) is 32.1 Å². The lowest BCUT2D eigenvalue weighted by Crippen LogP contribution is -2.51. The second kappa shape index (κ2) is 15.2. The summed E-state index contributed by atoms with van der Waals surface area (Å²) in [4.78, 5) is 19.3. The summed E-state index contributed by atoms with van der Waals surface area (Å²) in [6.45, 7) is 12.0. The van der Waals surface area contributed by atoms with E-state index in [1.165, 1.54) is 19.3 Å². The van der Waals surface area contributed by atoms with Crippen LogP contribution >= 0.6 is 24.0 Å². The molecule has 0 spiro atoms. The Labute approximate surface area is 194 Å². The summed E-state index contributed by atoms with van der Waals surface area (Å²) >= 11 is 0. The first-order chi connectivity index (χ1) is 13.6. The first kappa shape index (κ1) is 26.4. The Hall–Kier alpha value is -0.610. The Balaban J connectivity index is 0.00000420. The van der Waals surface area contributed by atoms with Crippen LogP contribution in [0.2, 0.25) is 0 Å². The van der Waals surface area contributed by atoms with E-state index in [9.17, 15) is 4.79 Å². The third-order valence-electron chi connectivity index (χ3n) is 5.51. The van der Waals surface area contributed by atoms with E-state index < -0.39 is 0 Å². The normalized spacial score (nSPS) is 20.1. The minimum Gasteiger partial charge on any atom is -0.379 e. The maximum Gasteiger partial charge on any atom is 0.242 e. The van der Waals surface area contributed by atoms with Crippen LogP contribution in [0.5, 0.6) is 0 Å². The number of hydrogen-bond donors (Lipinski definition) is 3. The van der Waals surface area contributed by atoms with E-state index in [1.807, 2.05) is 6.92 Å². The van der Waals surface area contributed by atoms with E-state index >= 15 is 0 Å². The summed E-state index contributed by atoms with van der Waals surface area (Å²) in [5, 5.41) is 9.86. The minimum atomic E-state index is 0. The van der Waals surface area contributed by atoms with Gasteiger partial charge in [0.2, 0.25) is 5.91 Å². The Kier molecular flexibility index (Phi) is 13.9. The summed E-state index contributed by atoms with van der Waals surface area (Å²) in [5.74, 6) is 1.38. The first-order valence-corrected chi connectivity index (χ1v) is 11.2. The largest absolute Gasteiger partial charge is 0.379 e. The van der Waals surface area contributed by atoms with E-state index in [-0.39, 0.29) is 36.4 Å². The van der Waals surface area contributed by atoms with Crippen LogP contribution in [0.1, 0.15) is 59.3 Å². The van der Waals surface area contributed by atoms with E-state index in [1.54, 1.807) is 0 Å². The molecule has 0 bridgehead atoms. The summed E-state index contributed by atoms with van der Waals surface area (Å²) in [5.41, 5.74) is 0. The molecule has 29 heavy (non-hydrogen) atoms. The number of carbonyl (C=O) groups excluding carboxylic acids is 1. The Morgan fingerprint density at radius 3 is 2.45 bits per heavy atom. The van der Waals surface area contributed by atoms with E-state index in [0.717, 1.165) is 64.6 Å². The number of hydrogen-bond acceptors (Lipinski definition) is 4. The van der Waals surface area contributed by atoms with Crippen molar-refractivity contribution in [3.8, 4) is 0 Å². The number of nitrogens with zero attached hydrogens (tertiary/aromatic N) is 2. The SMILES string of the molecule is CCNC(=NCC(=O)NC1CCCCC1)NCC(CC(C)C)N1CCOCC1.I. The molecule has 170 valence electrons. The number of amides is 1. The van der Waals surface area contributed by atoms with Gasteiger partial charge in [0.05, 0.1) is 13.2 Å². The van der Waals surface area contributed by atoms with Crippen molar-refractivity contribution in [2.75, 3.05) is 45.9 Å². The van der Waals surface area contributed by atoms with Crippen LogP contribution < -0.4 is 16.0 Å². The number of aliphatic imine (C=N–C) groups is 1. The smallest absolute Gasteiger partial charge is 0.242 e. The molecule has 1 saturated carbocycles. The van der Waals surface area contributed by atoms with Crippen LogP contribution in [-0.2, 0) is 9.53 Å². The number of guanidine groups is 1. The molecule has 0 radical (unpaired) electrons. The molecule has 1 unspecified atom stereocenters. The van der Waals surface area contributed by atoms with Crippen molar-refractivity contribution in [1.29, 1.82) is 0 Å². The molecule has 1 saturated heterocycles. The van der Waals surface area contributed by atoms with Gasteiger partial charge < -0.3 is 20.7 Å². The zero-order valence-electron chi connectivity index (χ0n) is 18.5. The molecule has 1 aliphatic carbocycles. The highest BCUT2D eigenvalue weighted by Crippen LogP contribution is 2.17. The number of nitrogens with one attached hydrogen (secondary N) is 3. The van der Waals surface area contributed by atoms with Gasteiger partial charge in [0, 0.05) is 38.3 Å². The highest BCUT2D eigenvalue weighted by atomic mass is 127. The van der Waals surface area contributed by atoms with Crippen LogP contribution in [0, 0.1) is 5.92 Å². The molecule has 2 fully saturated rings. The predicted molar refractivity (Wildman–Crippen MR) is 130 cm³/mol. The van der Waals surface area contributed by atoms with Crippen molar-refractivity contribution in [3.05, 3.63) is 0 Å². The van der Waals surface area contributed by atoms with Gasteiger partial charge in [-0.15, -0.1) is 24.0 Å². The van der Waals surface area contributed by atoms with Crippen molar-refractivity contribution in [1.82, 2.24) is 20.9 Å². The fraction of sp³-hybridized carbons (Fsp3) is 0.905.